The fourth-order valence-corrected chi connectivity index (χ4v) is 2.85. The number of nitrogens with one attached hydrogen (secondary N) is 1. The Morgan fingerprint density at radius 2 is 2.10 bits per heavy atom. The predicted octanol–water partition coefficient (Wildman–Crippen LogP) is 2.76. The van der Waals surface area contributed by atoms with Crippen LogP contribution in [0.15, 0.2) is 30.3 Å². The molecule has 0 amide bonds. The first-order chi connectivity index (χ1) is 9.46. The fourth-order valence-electron chi connectivity index (χ4n) is 2.85. The number of anilines is 1. The third-order valence-electron chi connectivity index (χ3n) is 3.99. The number of amidine groups is 1. The maximum atomic E-state index is 7.79. The highest BCUT2D eigenvalue weighted by atomic mass is 15.2. The van der Waals surface area contributed by atoms with Crippen molar-refractivity contribution in [1.29, 1.82) is 5.41 Å². The molecule has 4 nitrogen and oxygen atoms in total. The van der Waals surface area contributed by atoms with E-state index in [1.807, 2.05) is 30.3 Å². The van der Waals surface area contributed by atoms with Gasteiger partial charge in [-0.15, -0.1) is 0 Å². The van der Waals surface area contributed by atoms with Crippen LogP contribution in [0.4, 0.5) is 5.82 Å². The molecule has 1 aliphatic heterocycles. The van der Waals surface area contributed by atoms with E-state index in [0.717, 1.165) is 41.8 Å². The quantitative estimate of drug-likeness (QED) is 0.650. The van der Waals surface area contributed by atoms with Crippen LogP contribution in [-0.2, 0) is 0 Å². The zero-order chi connectivity index (χ0) is 14.3. The summed E-state index contributed by atoms with van der Waals surface area (Å²) in [7, 11) is 0. The molecule has 0 saturated carbocycles. The van der Waals surface area contributed by atoms with Crippen LogP contribution in [0.2, 0.25) is 0 Å². The van der Waals surface area contributed by atoms with Crippen molar-refractivity contribution in [2.24, 2.45) is 11.1 Å². The van der Waals surface area contributed by atoms with Gasteiger partial charge in [-0.05, 0) is 24.0 Å². The number of rotatable bonds is 2. The SMILES string of the molecule is CC1(C)CCN(c2cc(C(=N)N)c3ccccc3n2)C1. The summed E-state index contributed by atoms with van der Waals surface area (Å²) in [5.41, 5.74) is 7.74. The maximum absolute atomic E-state index is 7.79. The summed E-state index contributed by atoms with van der Waals surface area (Å²) in [6.45, 7) is 6.56. The number of nitrogens with zero attached hydrogens (tertiary/aromatic N) is 2. The van der Waals surface area contributed by atoms with Gasteiger partial charge in [-0.25, -0.2) is 4.98 Å². The van der Waals surface area contributed by atoms with Gasteiger partial charge in [-0.3, -0.25) is 5.41 Å². The third-order valence-corrected chi connectivity index (χ3v) is 3.99. The van der Waals surface area contributed by atoms with Crippen molar-refractivity contribution in [3.05, 3.63) is 35.9 Å². The normalized spacial score (nSPS) is 17.6. The molecule has 3 rings (SSSR count). The average Bonchev–Trinajstić information content (AvgIpc) is 2.77. The zero-order valence-electron chi connectivity index (χ0n) is 12.0. The van der Waals surface area contributed by atoms with Gasteiger partial charge < -0.3 is 10.6 Å². The summed E-state index contributed by atoms with van der Waals surface area (Å²) >= 11 is 0. The first-order valence-corrected chi connectivity index (χ1v) is 6.95. The van der Waals surface area contributed by atoms with E-state index >= 15 is 0 Å². The van der Waals surface area contributed by atoms with Gasteiger partial charge in [0.1, 0.15) is 11.7 Å². The van der Waals surface area contributed by atoms with Crippen LogP contribution < -0.4 is 10.6 Å². The highest BCUT2D eigenvalue weighted by molar-refractivity contribution is 6.07. The summed E-state index contributed by atoms with van der Waals surface area (Å²) in [6.07, 6.45) is 1.16. The van der Waals surface area contributed by atoms with E-state index in [0.29, 0.717) is 5.41 Å². The average molecular weight is 268 g/mol. The van der Waals surface area contributed by atoms with Gasteiger partial charge in [-0.2, -0.15) is 0 Å². The van der Waals surface area contributed by atoms with Crippen molar-refractivity contribution in [2.75, 3.05) is 18.0 Å². The van der Waals surface area contributed by atoms with Gasteiger partial charge in [0.25, 0.3) is 0 Å². The van der Waals surface area contributed by atoms with Crippen LogP contribution in [0, 0.1) is 10.8 Å². The number of hydrogen-bond acceptors (Lipinski definition) is 3. The second-order valence-corrected chi connectivity index (χ2v) is 6.29. The van der Waals surface area contributed by atoms with E-state index in [-0.39, 0.29) is 5.84 Å². The molecule has 0 aliphatic carbocycles. The number of aromatic nitrogens is 1. The second kappa shape index (κ2) is 4.47. The monoisotopic (exact) mass is 268 g/mol. The molecule has 0 spiro atoms. The first-order valence-electron chi connectivity index (χ1n) is 6.95. The number of para-hydroxylation sites is 1. The molecular formula is C16H20N4. The largest absolute Gasteiger partial charge is 0.384 e. The van der Waals surface area contributed by atoms with Gasteiger partial charge >= 0.3 is 0 Å². The highest BCUT2D eigenvalue weighted by Gasteiger charge is 2.30. The summed E-state index contributed by atoms with van der Waals surface area (Å²) < 4.78 is 0. The third kappa shape index (κ3) is 2.22. The number of benzene rings is 1. The van der Waals surface area contributed by atoms with Crippen LogP contribution in [0.3, 0.4) is 0 Å². The van der Waals surface area contributed by atoms with Crippen LogP contribution >= 0.6 is 0 Å². The minimum absolute atomic E-state index is 0.100. The molecule has 0 radical (unpaired) electrons. The van der Waals surface area contributed by atoms with E-state index in [2.05, 4.69) is 18.7 Å². The van der Waals surface area contributed by atoms with Gasteiger partial charge in [0.15, 0.2) is 0 Å². The Kier molecular flexibility index (Phi) is 2.89. The lowest BCUT2D eigenvalue weighted by atomic mass is 9.93. The van der Waals surface area contributed by atoms with Crippen molar-refractivity contribution >= 4 is 22.6 Å². The lowest BCUT2D eigenvalue weighted by molar-refractivity contribution is 0.418. The minimum Gasteiger partial charge on any atom is -0.384 e. The van der Waals surface area contributed by atoms with Gasteiger partial charge in [0.2, 0.25) is 0 Å². The summed E-state index contributed by atoms with van der Waals surface area (Å²) in [4.78, 5) is 7.03. The van der Waals surface area contributed by atoms with Crippen LogP contribution in [0.25, 0.3) is 10.9 Å². The van der Waals surface area contributed by atoms with Crippen LogP contribution in [0.1, 0.15) is 25.8 Å². The molecule has 1 aliphatic rings. The number of pyridine rings is 1. The smallest absolute Gasteiger partial charge is 0.130 e. The molecule has 1 saturated heterocycles. The highest BCUT2D eigenvalue weighted by Crippen LogP contribution is 2.33. The molecule has 1 fully saturated rings. The Bertz CT molecular complexity index is 675. The van der Waals surface area contributed by atoms with E-state index in [1.54, 1.807) is 0 Å². The van der Waals surface area contributed by atoms with Crippen molar-refractivity contribution in [1.82, 2.24) is 4.98 Å². The van der Waals surface area contributed by atoms with Gasteiger partial charge in [0.05, 0.1) is 5.52 Å². The number of nitrogen functional groups attached to an aromatic ring is 1. The molecule has 2 aromatic rings. The predicted molar refractivity (Wildman–Crippen MR) is 83.4 cm³/mol. The van der Waals surface area contributed by atoms with E-state index in [1.165, 1.54) is 0 Å². The lowest BCUT2D eigenvalue weighted by Crippen LogP contribution is -2.24. The van der Waals surface area contributed by atoms with Gasteiger partial charge in [-0.1, -0.05) is 32.0 Å². The second-order valence-electron chi connectivity index (χ2n) is 6.29. The Balaban J connectivity index is 2.11. The van der Waals surface area contributed by atoms with E-state index < -0.39 is 0 Å². The van der Waals surface area contributed by atoms with Crippen molar-refractivity contribution in [3.63, 3.8) is 0 Å². The number of fused-ring (bicyclic) bond motifs is 1. The Hall–Kier alpha value is -2.10. The van der Waals surface area contributed by atoms with Gasteiger partial charge in [0, 0.05) is 24.0 Å². The van der Waals surface area contributed by atoms with Crippen molar-refractivity contribution < 1.29 is 0 Å². The van der Waals surface area contributed by atoms with E-state index in [4.69, 9.17) is 16.1 Å². The number of nitrogens with two attached hydrogens (primary N) is 1. The minimum atomic E-state index is 0.100. The Morgan fingerprint density at radius 3 is 2.75 bits per heavy atom. The summed E-state index contributed by atoms with van der Waals surface area (Å²) in [6, 6.07) is 9.82. The first kappa shape index (κ1) is 12.9. The Morgan fingerprint density at radius 1 is 1.35 bits per heavy atom. The maximum Gasteiger partial charge on any atom is 0.130 e. The van der Waals surface area contributed by atoms with Crippen LogP contribution in [0.5, 0.6) is 0 Å². The number of hydrogen-bond donors (Lipinski definition) is 2. The molecule has 3 N–H and O–H groups in total. The summed E-state index contributed by atoms with van der Waals surface area (Å²) in [5.74, 6) is 1.03. The van der Waals surface area contributed by atoms with Crippen molar-refractivity contribution in [3.8, 4) is 0 Å². The van der Waals surface area contributed by atoms with E-state index in [9.17, 15) is 0 Å². The topological polar surface area (TPSA) is 66.0 Å². The zero-order valence-corrected chi connectivity index (χ0v) is 12.0. The molecule has 104 valence electrons. The summed E-state index contributed by atoms with van der Waals surface area (Å²) in [5, 5.41) is 8.74. The lowest BCUT2D eigenvalue weighted by Gasteiger charge is -2.21. The van der Waals surface area contributed by atoms with Crippen molar-refractivity contribution in [2.45, 2.75) is 20.3 Å². The molecule has 0 atom stereocenters. The van der Waals surface area contributed by atoms with Crippen LogP contribution in [-0.4, -0.2) is 23.9 Å². The molecule has 2 heterocycles. The fraction of sp³-hybridized carbons (Fsp3) is 0.375. The molecule has 1 aromatic carbocycles. The molecule has 4 heteroatoms. The molecule has 20 heavy (non-hydrogen) atoms. The molecule has 0 bridgehead atoms. The molecule has 1 aromatic heterocycles. The molecule has 0 unspecified atom stereocenters. The molecular weight excluding hydrogens is 248 g/mol. The standard InChI is InChI=1S/C16H20N4/c1-16(2)7-8-20(10-16)14-9-12(15(17)18)11-5-3-4-6-13(11)19-14/h3-6,9H,7-8,10H2,1-2H3,(H3,17,18). The Labute approximate surface area is 119 Å².